The van der Waals surface area contributed by atoms with Gasteiger partial charge >= 0.3 is 0 Å². The summed E-state index contributed by atoms with van der Waals surface area (Å²) in [6.45, 7) is 4.47. The maximum absolute atomic E-state index is 12.7. The molecule has 0 aromatic rings. The molecule has 2 heteroatoms. The van der Waals surface area contributed by atoms with Crippen LogP contribution in [0.1, 0.15) is 74.3 Å². The summed E-state index contributed by atoms with van der Waals surface area (Å²) in [7, 11) is 0. The minimum absolute atomic E-state index is 0.124. The summed E-state index contributed by atoms with van der Waals surface area (Å²) in [6, 6.07) is 0. The lowest BCUT2D eigenvalue weighted by Gasteiger charge is -2.60. The summed E-state index contributed by atoms with van der Waals surface area (Å²) in [4.78, 5) is 12.7. The fourth-order valence-electron chi connectivity index (χ4n) is 6.62. The Morgan fingerprint density at radius 3 is 2.71 bits per heavy atom. The summed E-state index contributed by atoms with van der Waals surface area (Å²) in [5.41, 5.74) is -0.135. The number of rotatable bonds is 0. The maximum Gasteiger partial charge on any atom is 0.139 e. The van der Waals surface area contributed by atoms with Crippen LogP contribution in [0.15, 0.2) is 0 Å². The van der Waals surface area contributed by atoms with Gasteiger partial charge in [0.05, 0.1) is 6.10 Å². The molecule has 0 heterocycles. The molecule has 0 aromatic carbocycles. The summed E-state index contributed by atoms with van der Waals surface area (Å²) >= 11 is 0. The third kappa shape index (κ3) is 1.84. The van der Waals surface area contributed by atoms with E-state index in [2.05, 4.69) is 6.92 Å². The number of Topliss-reactive ketones (excluding diaryl/α,β-unsaturated/α-hetero) is 1. The highest BCUT2D eigenvalue weighted by atomic mass is 16.3. The van der Waals surface area contributed by atoms with Crippen LogP contribution in [0.5, 0.6) is 0 Å². The first-order chi connectivity index (χ1) is 10.7. The zero-order chi connectivity index (χ0) is 16.6. The maximum atomic E-state index is 12.7. The lowest BCUT2D eigenvalue weighted by Crippen LogP contribution is -2.54. The lowest BCUT2D eigenvalue weighted by molar-refractivity contribution is -0.142. The zero-order valence-corrected chi connectivity index (χ0v) is 13.4. The van der Waals surface area contributed by atoms with E-state index < -0.39 is 11.8 Å². The first kappa shape index (κ1) is 12.1. The predicted octanol–water partition coefficient (Wildman–Crippen LogP) is 3.96. The van der Waals surface area contributed by atoms with Crippen molar-refractivity contribution in [3.05, 3.63) is 0 Å². The zero-order valence-electron chi connectivity index (χ0n) is 15.4. The van der Waals surface area contributed by atoms with Gasteiger partial charge in [0.25, 0.3) is 0 Å². The van der Waals surface area contributed by atoms with Crippen molar-refractivity contribution in [3.63, 3.8) is 0 Å². The quantitative estimate of drug-likeness (QED) is 0.734. The van der Waals surface area contributed by atoms with Crippen molar-refractivity contribution in [3.8, 4) is 0 Å². The Balaban J connectivity index is 1.66. The van der Waals surface area contributed by atoms with Crippen LogP contribution in [0.25, 0.3) is 0 Å². The first-order valence-electron chi connectivity index (χ1n) is 9.91. The Bertz CT molecular complexity index is 533. The molecule has 7 atom stereocenters. The molecule has 21 heavy (non-hydrogen) atoms. The summed E-state index contributed by atoms with van der Waals surface area (Å²) in [5.74, 6) is 1.85. The van der Waals surface area contributed by atoms with Gasteiger partial charge in [0.2, 0.25) is 0 Å². The molecule has 0 saturated heterocycles. The van der Waals surface area contributed by atoms with Gasteiger partial charge in [0.1, 0.15) is 5.78 Å². The van der Waals surface area contributed by atoms with Crippen molar-refractivity contribution < 1.29 is 12.6 Å². The summed E-state index contributed by atoms with van der Waals surface area (Å²) in [5, 5.41) is 10.1. The highest BCUT2D eigenvalue weighted by Gasteiger charge is 2.60. The molecule has 4 aliphatic rings. The fourth-order valence-corrected chi connectivity index (χ4v) is 6.62. The highest BCUT2D eigenvalue weighted by molar-refractivity contribution is 5.87. The van der Waals surface area contributed by atoms with Crippen LogP contribution < -0.4 is 0 Å². The number of aliphatic hydroxyl groups is 1. The average molecular weight is 292 g/mol. The van der Waals surface area contributed by atoms with Gasteiger partial charge in [-0.15, -0.1) is 0 Å². The van der Waals surface area contributed by atoms with Crippen LogP contribution in [0.4, 0.5) is 0 Å². The van der Waals surface area contributed by atoms with Crippen LogP contribution in [-0.2, 0) is 4.79 Å². The second-order valence-electron chi connectivity index (χ2n) is 8.75. The van der Waals surface area contributed by atoms with Gasteiger partial charge in [-0.2, -0.15) is 0 Å². The molecule has 4 fully saturated rings. The van der Waals surface area contributed by atoms with E-state index in [9.17, 15) is 9.90 Å². The van der Waals surface area contributed by atoms with E-state index in [-0.39, 0.29) is 17.8 Å². The molecule has 0 aliphatic heterocycles. The Kier molecular flexibility index (Phi) is 2.63. The van der Waals surface area contributed by atoms with Crippen LogP contribution in [0, 0.1) is 34.5 Å². The molecule has 4 aliphatic carbocycles. The second-order valence-corrected chi connectivity index (χ2v) is 8.75. The molecule has 1 N–H and O–H groups in total. The van der Waals surface area contributed by atoms with Crippen molar-refractivity contribution in [1.29, 1.82) is 0 Å². The SMILES string of the molecule is [2H]C1([2H])C[C@H]2[C@@H]3CC[C@@H]4C[C@H](O)CC[C@]4(C)[C@H]3CC[C@]2(C)C1=O. The topological polar surface area (TPSA) is 37.3 Å². The molecular weight excluding hydrogens is 260 g/mol. The van der Waals surface area contributed by atoms with E-state index in [0.717, 1.165) is 44.9 Å². The molecule has 0 unspecified atom stereocenters. The Hall–Kier alpha value is -0.370. The number of carbonyl (C=O) groups is 1. The molecule has 118 valence electrons. The van der Waals surface area contributed by atoms with E-state index in [1.54, 1.807) is 0 Å². The van der Waals surface area contributed by atoms with Crippen LogP contribution >= 0.6 is 0 Å². The van der Waals surface area contributed by atoms with Crippen LogP contribution in [0.2, 0.25) is 0 Å². The Morgan fingerprint density at radius 2 is 1.90 bits per heavy atom. The van der Waals surface area contributed by atoms with E-state index in [1.165, 1.54) is 0 Å². The smallest absolute Gasteiger partial charge is 0.139 e. The number of fused-ring (bicyclic) bond motifs is 5. The molecular formula is C19H30O2. The van der Waals surface area contributed by atoms with Crippen molar-refractivity contribution in [1.82, 2.24) is 0 Å². The molecule has 4 saturated carbocycles. The second kappa shape index (κ2) is 4.57. The van der Waals surface area contributed by atoms with E-state index in [1.807, 2.05) is 6.92 Å². The van der Waals surface area contributed by atoms with Crippen molar-refractivity contribution in [2.24, 2.45) is 34.5 Å². The highest BCUT2D eigenvalue weighted by Crippen LogP contribution is 2.65. The van der Waals surface area contributed by atoms with Crippen molar-refractivity contribution >= 4 is 5.78 Å². The molecule has 0 radical (unpaired) electrons. The van der Waals surface area contributed by atoms with Crippen molar-refractivity contribution in [2.45, 2.75) is 77.7 Å². The van der Waals surface area contributed by atoms with Gasteiger partial charge in [0.15, 0.2) is 0 Å². The van der Waals surface area contributed by atoms with E-state index in [0.29, 0.717) is 29.6 Å². The lowest BCUT2D eigenvalue weighted by atomic mass is 9.45. The van der Waals surface area contributed by atoms with E-state index in [4.69, 9.17) is 2.74 Å². The monoisotopic (exact) mass is 292 g/mol. The minimum Gasteiger partial charge on any atom is -0.393 e. The van der Waals surface area contributed by atoms with Gasteiger partial charge in [0, 0.05) is 14.5 Å². The first-order valence-corrected chi connectivity index (χ1v) is 8.91. The number of aliphatic hydroxyl groups excluding tert-OH is 1. The Morgan fingerprint density at radius 1 is 1.10 bits per heavy atom. The van der Waals surface area contributed by atoms with Gasteiger partial charge in [-0.3, -0.25) is 4.79 Å². The van der Waals surface area contributed by atoms with Crippen LogP contribution in [-0.4, -0.2) is 17.0 Å². The van der Waals surface area contributed by atoms with Gasteiger partial charge in [-0.25, -0.2) is 0 Å². The molecule has 0 amide bonds. The third-order valence-corrected chi connectivity index (χ3v) is 8.03. The standard InChI is InChI=1S/C19H30O2/c1-18-9-7-13(20)11-12(18)3-4-14-15-5-6-17(21)19(15,2)10-8-16(14)18/h12-16,20H,3-11H2,1-2H3/t12-,13-,14+,15+,16+,18+,19+/m1/s1/i6D2. The molecule has 0 bridgehead atoms. The number of ketones is 1. The van der Waals surface area contributed by atoms with E-state index >= 15 is 0 Å². The summed E-state index contributed by atoms with van der Waals surface area (Å²) in [6.07, 6.45) is 5.87. The largest absolute Gasteiger partial charge is 0.393 e. The van der Waals surface area contributed by atoms with Crippen molar-refractivity contribution in [2.75, 3.05) is 0 Å². The molecule has 2 nitrogen and oxygen atoms in total. The van der Waals surface area contributed by atoms with Gasteiger partial charge in [-0.1, -0.05) is 13.8 Å². The third-order valence-electron chi connectivity index (χ3n) is 8.03. The minimum atomic E-state index is -1.62. The number of hydrogen-bond donors (Lipinski definition) is 1. The average Bonchev–Trinajstić information content (AvgIpc) is 2.68. The number of hydrogen-bond acceptors (Lipinski definition) is 2. The number of carbonyl (C=O) groups excluding carboxylic acids is 1. The summed E-state index contributed by atoms with van der Waals surface area (Å²) < 4.78 is 16.3. The predicted molar refractivity (Wildman–Crippen MR) is 82.7 cm³/mol. The van der Waals surface area contributed by atoms with Crippen LogP contribution in [0.3, 0.4) is 0 Å². The fraction of sp³-hybridized carbons (Fsp3) is 0.947. The Labute approximate surface area is 131 Å². The molecule has 0 spiro atoms. The molecule has 0 aromatic heterocycles. The van der Waals surface area contributed by atoms with Gasteiger partial charge in [-0.05, 0) is 80.5 Å². The molecule has 4 rings (SSSR count). The normalized spacial score (nSPS) is 60.3. The van der Waals surface area contributed by atoms with Gasteiger partial charge < -0.3 is 5.11 Å².